The molecule has 2 aliphatic rings. The predicted molar refractivity (Wildman–Crippen MR) is 76.7 cm³/mol. The Morgan fingerprint density at radius 3 is 2.72 bits per heavy atom. The van der Waals surface area contributed by atoms with Crippen molar-refractivity contribution in [2.24, 2.45) is 5.41 Å². The topological polar surface area (TPSA) is 12.0 Å². The van der Waals surface area contributed by atoms with Crippen LogP contribution in [0.15, 0.2) is 24.3 Å². The molecule has 0 aliphatic heterocycles. The third-order valence-corrected chi connectivity index (χ3v) is 4.56. The maximum atomic E-state index is 3.74. The fraction of sp³-hybridized carbons (Fsp3) is 0.647. The van der Waals surface area contributed by atoms with E-state index in [0.29, 0.717) is 5.41 Å². The fourth-order valence-corrected chi connectivity index (χ4v) is 3.25. The summed E-state index contributed by atoms with van der Waals surface area (Å²) in [7, 11) is 0. The summed E-state index contributed by atoms with van der Waals surface area (Å²) in [5.41, 5.74) is 3.57. The van der Waals surface area contributed by atoms with E-state index in [9.17, 15) is 0 Å². The highest BCUT2D eigenvalue weighted by Crippen LogP contribution is 2.40. The van der Waals surface area contributed by atoms with Crippen LogP contribution in [0.1, 0.15) is 63.0 Å². The zero-order chi connectivity index (χ0) is 12.6. The standard InChI is InChI=1S/C17H25N/c1-17(2)9-8-16(11-17)18-12-13-4-3-5-15(10-13)14-6-7-14/h3-5,10,14,16,18H,6-9,11-12H2,1-2H3. The van der Waals surface area contributed by atoms with Crippen molar-refractivity contribution < 1.29 is 0 Å². The van der Waals surface area contributed by atoms with E-state index in [2.05, 4.69) is 43.4 Å². The van der Waals surface area contributed by atoms with Crippen molar-refractivity contribution in [1.82, 2.24) is 5.32 Å². The van der Waals surface area contributed by atoms with Gasteiger partial charge in [-0.25, -0.2) is 0 Å². The first-order valence-electron chi connectivity index (χ1n) is 7.45. The van der Waals surface area contributed by atoms with E-state index >= 15 is 0 Å². The van der Waals surface area contributed by atoms with E-state index in [1.807, 2.05) is 0 Å². The Kier molecular flexibility index (Phi) is 3.19. The van der Waals surface area contributed by atoms with Crippen molar-refractivity contribution in [3.05, 3.63) is 35.4 Å². The molecule has 0 saturated heterocycles. The highest BCUT2D eigenvalue weighted by Gasteiger charge is 2.30. The Morgan fingerprint density at radius 2 is 2.06 bits per heavy atom. The lowest BCUT2D eigenvalue weighted by Gasteiger charge is -2.18. The number of hydrogen-bond acceptors (Lipinski definition) is 1. The van der Waals surface area contributed by atoms with Crippen LogP contribution in [0.5, 0.6) is 0 Å². The van der Waals surface area contributed by atoms with Crippen LogP contribution in [-0.4, -0.2) is 6.04 Å². The molecule has 1 N–H and O–H groups in total. The number of hydrogen-bond donors (Lipinski definition) is 1. The van der Waals surface area contributed by atoms with Crippen LogP contribution in [-0.2, 0) is 6.54 Å². The summed E-state index contributed by atoms with van der Waals surface area (Å²) < 4.78 is 0. The van der Waals surface area contributed by atoms with Gasteiger partial charge in [0, 0.05) is 12.6 Å². The molecule has 2 fully saturated rings. The molecule has 2 aliphatic carbocycles. The second kappa shape index (κ2) is 4.70. The lowest BCUT2D eigenvalue weighted by molar-refractivity contribution is 0.364. The molecule has 0 spiro atoms. The van der Waals surface area contributed by atoms with Crippen LogP contribution >= 0.6 is 0 Å². The van der Waals surface area contributed by atoms with Gasteiger partial charge in [0.2, 0.25) is 0 Å². The molecule has 1 unspecified atom stereocenters. The molecule has 1 atom stereocenters. The van der Waals surface area contributed by atoms with Crippen molar-refractivity contribution in [2.45, 2.75) is 64.5 Å². The molecule has 0 radical (unpaired) electrons. The van der Waals surface area contributed by atoms with Crippen molar-refractivity contribution >= 4 is 0 Å². The molecule has 0 heterocycles. The van der Waals surface area contributed by atoms with Crippen molar-refractivity contribution in [2.75, 3.05) is 0 Å². The minimum Gasteiger partial charge on any atom is -0.310 e. The second-order valence-corrected chi connectivity index (χ2v) is 7.00. The Bertz CT molecular complexity index is 417. The smallest absolute Gasteiger partial charge is 0.0208 e. The molecule has 1 nitrogen and oxygen atoms in total. The summed E-state index contributed by atoms with van der Waals surface area (Å²) in [6.45, 7) is 5.83. The van der Waals surface area contributed by atoms with E-state index in [1.54, 1.807) is 5.56 Å². The van der Waals surface area contributed by atoms with Gasteiger partial charge in [-0.3, -0.25) is 0 Å². The lowest BCUT2D eigenvalue weighted by atomic mass is 9.92. The Morgan fingerprint density at radius 1 is 1.22 bits per heavy atom. The molecular weight excluding hydrogens is 218 g/mol. The molecule has 3 rings (SSSR count). The summed E-state index contributed by atoms with van der Waals surface area (Å²) in [4.78, 5) is 0. The highest BCUT2D eigenvalue weighted by molar-refractivity contribution is 5.29. The number of nitrogens with one attached hydrogen (secondary N) is 1. The number of benzene rings is 1. The minimum atomic E-state index is 0.549. The Balaban J connectivity index is 1.55. The molecule has 18 heavy (non-hydrogen) atoms. The first-order valence-corrected chi connectivity index (χ1v) is 7.45. The van der Waals surface area contributed by atoms with Crippen molar-refractivity contribution in [3.63, 3.8) is 0 Å². The zero-order valence-electron chi connectivity index (χ0n) is 11.7. The molecule has 0 amide bonds. The molecule has 0 aromatic heterocycles. The van der Waals surface area contributed by atoms with Gasteiger partial charge in [-0.1, -0.05) is 38.1 Å². The molecule has 1 heteroatoms. The van der Waals surface area contributed by atoms with Gasteiger partial charge >= 0.3 is 0 Å². The second-order valence-electron chi connectivity index (χ2n) is 7.00. The zero-order valence-corrected chi connectivity index (χ0v) is 11.7. The summed E-state index contributed by atoms with van der Waals surface area (Å²) in [5.74, 6) is 0.871. The summed E-state index contributed by atoms with van der Waals surface area (Å²) >= 11 is 0. The van der Waals surface area contributed by atoms with Crippen molar-refractivity contribution in [1.29, 1.82) is 0 Å². The van der Waals surface area contributed by atoms with Gasteiger partial charge in [0.15, 0.2) is 0 Å². The van der Waals surface area contributed by atoms with Crippen LogP contribution in [0.2, 0.25) is 0 Å². The normalized spacial score (nSPS) is 26.4. The fourth-order valence-electron chi connectivity index (χ4n) is 3.25. The lowest BCUT2D eigenvalue weighted by Crippen LogP contribution is -2.26. The van der Waals surface area contributed by atoms with E-state index in [1.165, 1.54) is 37.7 Å². The Labute approximate surface area is 111 Å². The van der Waals surface area contributed by atoms with E-state index in [4.69, 9.17) is 0 Å². The van der Waals surface area contributed by atoms with Gasteiger partial charge in [0.1, 0.15) is 0 Å². The molecule has 1 aromatic carbocycles. The van der Waals surface area contributed by atoms with Gasteiger partial charge in [0.25, 0.3) is 0 Å². The molecule has 0 bridgehead atoms. The molecule has 2 saturated carbocycles. The van der Waals surface area contributed by atoms with Gasteiger partial charge in [-0.05, 0) is 54.6 Å². The molecule has 98 valence electrons. The molecular formula is C17H25N. The van der Waals surface area contributed by atoms with Crippen LogP contribution in [0, 0.1) is 5.41 Å². The maximum absolute atomic E-state index is 3.74. The van der Waals surface area contributed by atoms with Gasteiger partial charge < -0.3 is 5.32 Å². The average molecular weight is 243 g/mol. The van der Waals surface area contributed by atoms with Crippen LogP contribution in [0.4, 0.5) is 0 Å². The monoisotopic (exact) mass is 243 g/mol. The molecule has 1 aromatic rings. The van der Waals surface area contributed by atoms with E-state index in [0.717, 1.165) is 18.5 Å². The first kappa shape index (κ1) is 12.2. The summed E-state index contributed by atoms with van der Waals surface area (Å²) in [6, 6.07) is 9.91. The van der Waals surface area contributed by atoms with Crippen molar-refractivity contribution in [3.8, 4) is 0 Å². The number of rotatable bonds is 4. The average Bonchev–Trinajstić information content (AvgIpc) is 3.13. The largest absolute Gasteiger partial charge is 0.310 e. The van der Waals surface area contributed by atoms with E-state index < -0.39 is 0 Å². The van der Waals surface area contributed by atoms with Gasteiger partial charge in [0.05, 0.1) is 0 Å². The first-order chi connectivity index (χ1) is 8.62. The third-order valence-electron chi connectivity index (χ3n) is 4.56. The van der Waals surface area contributed by atoms with Crippen LogP contribution in [0.25, 0.3) is 0 Å². The summed E-state index contributed by atoms with van der Waals surface area (Å²) in [5, 5.41) is 3.74. The predicted octanol–water partition coefficient (Wildman–Crippen LogP) is 4.23. The van der Waals surface area contributed by atoms with Gasteiger partial charge in [-0.15, -0.1) is 0 Å². The van der Waals surface area contributed by atoms with E-state index in [-0.39, 0.29) is 0 Å². The van der Waals surface area contributed by atoms with Crippen LogP contribution in [0.3, 0.4) is 0 Å². The maximum Gasteiger partial charge on any atom is 0.0208 e. The van der Waals surface area contributed by atoms with Crippen LogP contribution < -0.4 is 5.32 Å². The SMILES string of the molecule is CC1(C)CCC(NCc2cccc(C3CC3)c2)C1. The highest BCUT2D eigenvalue weighted by atomic mass is 14.9. The quantitative estimate of drug-likeness (QED) is 0.834. The minimum absolute atomic E-state index is 0.549. The Hall–Kier alpha value is -0.820. The summed E-state index contributed by atoms with van der Waals surface area (Å²) in [6.07, 6.45) is 6.83. The van der Waals surface area contributed by atoms with Gasteiger partial charge in [-0.2, -0.15) is 0 Å². The third kappa shape index (κ3) is 2.95.